The van der Waals surface area contributed by atoms with Gasteiger partial charge in [0.1, 0.15) is 0 Å². The van der Waals surface area contributed by atoms with Gasteiger partial charge in [0, 0.05) is 17.9 Å². The maximum Gasteiger partial charge on any atom is 0.250 e. The molecule has 0 aromatic heterocycles. The Morgan fingerprint density at radius 1 is 1.26 bits per heavy atom. The second-order valence-corrected chi connectivity index (χ2v) is 6.54. The zero-order chi connectivity index (χ0) is 14.4. The minimum absolute atomic E-state index is 0.348. The van der Waals surface area contributed by atoms with Gasteiger partial charge in [-0.25, -0.2) is 0 Å². The van der Waals surface area contributed by atoms with E-state index in [9.17, 15) is 4.79 Å². The molecule has 0 unspecified atom stereocenters. The Hall–Kier alpha value is -1.71. The van der Waals surface area contributed by atoms with Crippen LogP contribution in [0.5, 0.6) is 0 Å². The van der Waals surface area contributed by atoms with Crippen molar-refractivity contribution in [2.24, 2.45) is 22.5 Å². The molecule has 0 spiro atoms. The van der Waals surface area contributed by atoms with Gasteiger partial charge in [-0.05, 0) is 34.9 Å². The van der Waals surface area contributed by atoms with E-state index in [4.69, 9.17) is 11.5 Å². The number of hydrogen-bond donors (Lipinski definition) is 3. The van der Waals surface area contributed by atoms with Crippen LogP contribution in [0.15, 0.2) is 18.2 Å². The maximum absolute atomic E-state index is 11.2. The Morgan fingerprint density at radius 2 is 1.84 bits per heavy atom. The molecule has 1 amide bonds. The lowest BCUT2D eigenvalue weighted by Gasteiger charge is -2.10. The molecule has 104 valence electrons. The molecule has 2 rings (SSSR count). The van der Waals surface area contributed by atoms with Crippen molar-refractivity contribution in [3.63, 3.8) is 0 Å². The van der Waals surface area contributed by atoms with Crippen molar-refractivity contribution in [1.29, 1.82) is 0 Å². The van der Waals surface area contributed by atoms with Crippen LogP contribution in [0.1, 0.15) is 38.1 Å². The van der Waals surface area contributed by atoms with Gasteiger partial charge >= 0.3 is 0 Å². The molecular weight excluding hydrogens is 238 g/mol. The first-order valence-corrected chi connectivity index (χ1v) is 6.61. The maximum atomic E-state index is 11.2. The van der Waals surface area contributed by atoms with E-state index in [1.807, 2.05) is 6.07 Å². The number of nitrogen functional groups attached to an aromatic ring is 1. The van der Waals surface area contributed by atoms with Gasteiger partial charge in [0.25, 0.3) is 5.91 Å². The molecule has 1 aliphatic rings. The minimum atomic E-state index is -0.492. The van der Waals surface area contributed by atoms with Crippen molar-refractivity contribution >= 4 is 17.3 Å². The molecule has 0 saturated heterocycles. The fourth-order valence-corrected chi connectivity index (χ4v) is 2.94. The summed E-state index contributed by atoms with van der Waals surface area (Å²) >= 11 is 0. The van der Waals surface area contributed by atoms with E-state index in [1.54, 1.807) is 12.1 Å². The molecule has 4 heteroatoms. The average molecular weight is 261 g/mol. The third-order valence-corrected chi connectivity index (χ3v) is 5.15. The Balaban J connectivity index is 2.06. The minimum Gasteiger partial charge on any atom is -0.398 e. The Bertz CT molecular complexity index is 506. The largest absolute Gasteiger partial charge is 0.398 e. The van der Waals surface area contributed by atoms with E-state index in [2.05, 4.69) is 33.0 Å². The summed E-state index contributed by atoms with van der Waals surface area (Å²) in [6.45, 7) is 10.0. The topological polar surface area (TPSA) is 81.1 Å². The number of carbonyl (C=O) groups excluding carboxylic acids is 1. The Kier molecular flexibility index (Phi) is 3.00. The smallest absolute Gasteiger partial charge is 0.250 e. The van der Waals surface area contributed by atoms with Gasteiger partial charge in [0.2, 0.25) is 0 Å². The highest BCUT2D eigenvalue weighted by molar-refractivity contribution is 5.98. The van der Waals surface area contributed by atoms with Gasteiger partial charge in [0.15, 0.2) is 0 Å². The zero-order valence-corrected chi connectivity index (χ0v) is 12.1. The first-order chi connectivity index (χ1) is 8.68. The molecular formula is C15H23N3O. The van der Waals surface area contributed by atoms with Gasteiger partial charge in [-0.15, -0.1) is 0 Å². The first-order valence-electron chi connectivity index (χ1n) is 6.61. The summed E-state index contributed by atoms with van der Waals surface area (Å²) in [7, 11) is 0. The first kappa shape index (κ1) is 13.7. The zero-order valence-electron chi connectivity index (χ0n) is 12.1. The predicted octanol–water partition coefficient (Wildman–Crippen LogP) is 2.46. The van der Waals surface area contributed by atoms with Crippen LogP contribution < -0.4 is 16.8 Å². The van der Waals surface area contributed by atoms with E-state index in [-0.39, 0.29) is 0 Å². The third-order valence-electron chi connectivity index (χ3n) is 5.15. The van der Waals surface area contributed by atoms with Crippen LogP contribution in [0.25, 0.3) is 0 Å². The summed E-state index contributed by atoms with van der Waals surface area (Å²) in [5.74, 6) is 0.128. The number of rotatable bonds is 4. The average Bonchev–Trinajstić information content (AvgIpc) is 2.68. The van der Waals surface area contributed by atoms with Gasteiger partial charge in [0.05, 0.1) is 5.56 Å². The molecule has 1 aliphatic carbocycles. The molecule has 1 aromatic carbocycles. The van der Waals surface area contributed by atoms with Gasteiger partial charge in [-0.2, -0.15) is 0 Å². The number of hydrogen-bond acceptors (Lipinski definition) is 3. The second-order valence-electron chi connectivity index (χ2n) is 6.54. The summed E-state index contributed by atoms with van der Waals surface area (Å²) in [6.07, 6.45) is 0. The molecule has 1 fully saturated rings. The van der Waals surface area contributed by atoms with Crippen LogP contribution in [0.4, 0.5) is 11.4 Å². The predicted molar refractivity (Wildman–Crippen MR) is 78.9 cm³/mol. The normalized spacial score (nSPS) is 20.0. The van der Waals surface area contributed by atoms with E-state index in [1.165, 1.54) is 0 Å². The number of anilines is 2. The fourth-order valence-electron chi connectivity index (χ4n) is 2.94. The van der Waals surface area contributed by atoms with Crippen LogP contribution in [0, 0.1) is 16.7 Å². The van der Waals surface area contributed by atoms with Crippen molar-refractivity contribution in [1.82, 2.24) is 0 Å². The van der Waals surface area contributed by atoms with Gasteiger partial charge in [-0.3, -0.25) is 4.79 Å². The molecule has 1 aromatic rings. The lowest BCUT2D eigenvalue weighted by Crippen LogP contribution is -2.15. The van der Waals surface area contributed by atoms with Crippen LogP contribution in [0.3, 0.4) is 0 Å². The lowest BCUT2D eigenvalue weighted by molar-refractivity contribution is 0.100. The van der Waals surface area contributed by atoms with Crippen LogP contribution >= 0.6 is 0 Å². The van der Waals surface area contributed by atoms with Crippen molar-refractivity contribution in [3.05, 3.63) is 23.8 Å². The van der Waals surface area contributed by atoms with Crippen LogP contribution in [-0.4, -0.2) is 12.5 Å². The summed E-state index contributed by atoms with van der Waals surface area (Å²) in [6, 6.07) is 5.32. The lowest BCUT2D eigenvalue weighted by atomic mass is 10.0. The molecule has 4 nitrogen and oxygen atoms in total. The number of nitrogens with one attached hydrogen (secondary N) is 1. The molecule has 1 saturated carbocycles. The van der Waals surface area contributed by atoms with E-state index >= 15 is 0 Å². The highest BCUT2D eigenvalue weighted by atomic mass is 16.1. The number of carbonyl (C=O) groups is 1. The van der Waals surface area contributed by atoms with Crippen molar-refractivity contribution in [3.8, 4) is 0 Å². The fraction of sp³-hybridized carbons (Fsp3) is 0.533. The van der Waals surface area contributed by atoms with Gasteiger partial charge in [-0.1, -0.05) is 27.7 Å². The molecule has 0 atom stereocenters. The summed E-state index contributed by atoms with van der Waals surface area (Å²) < 4.78 is 0. The van der Waals surface area contributed by atoms with E-state index in [0.29, 0.717) is 28.0 Å². The Morgan fingerprint density at radius 3 is 2.32 bits per heavy atom. The molecule has 0 heterocycles. The van der Waals surface area contributed by atoms with E-state index < -0.39 is 5.91 Å². The van der Waals surface area contributed by atoms with Crippen LogP contribution in [-0.2, 0) is 0 Å². The second kappa shape index (κ2) is 4.15. The molecule has 0 radical (unpaired) electrons. The summed E-state index contributed by atoms with van der Waals surface area (Å²) in [4.78, 5) is 11.2. The Labute approximate surface area is 114 Å². The number of benzene rings is 1. The molecule has 0 bridgehead atoms. The molecule has 19 heavy (non-hydrogen) atoms. The van der Waals surface area contributed by atoms with Crippen molar-refractivity contribution < 1.29 is 4.79 Å². The SMILES string of the molecule is CC1(C)C(CNc2ccc(N)c(C(N)=O)c2)C1(C)C. The highest BCUT2D eigenvalue weighted by Crippen LogP contribution is 2.68. The monoisotopic (exact) mass is 261 g/mol. The third kappa shape index (κ3) is 2.15. The summed E-state index contributed by atoms with van der Waals surface area (Å²) in [5, 5.41) is 3.38. The van der Waals surface area contributed by atoms with Crippen molar-refractivity contribution in [2.75, 3.05) is 17.6 Å². The molecule has 0 aliphatic heterocycles. The molecule has 5 N–H and O–H groups in total. The standard InChI is InChI=1S/C15H23N3O/c1-14(2)12(15(14,3)4)8-18-9-5-6-11(16)10(7-9)13(17)19/h5-7,12,18H,8,16H2,1-4H3,(H2,17,19). The van der Waals surface area contributed by atoms with Gasteiger partial charge < -0.3 is 16.8 Å². The number of primary amides is 1. The number of nitrogens with two attached hydrogens (primary N) is 2. The van der Waals surface area contributed by atoms with Crippen LogP contribution in [0.2, 0.25) is 0 Å². The quantitative estimate of drug-likeness (QED) is 0.728. The highest BCUT2D eigenvalue weighted by Gasteiger charge is 2.63. The van der Waals surface area contributed by atoms with E-state index in [0.717, 1.165) is 12.2 Å². The van der Waals surface area contributed by atoms with Crippen molar-refractivity contribution in [2.45, 2.75) is 27.7 Å². The summed E-state index contributed by atoms with van der Waals surface area (Å²) in [5.41, 5.74) is 13.4. The number of amides is 1.